The van der Waals surface area contributed by atoms with Crippen molar-refractivity contribution in [3.63, 3.8) is 0 Å². The quantitative estimate of drug-likeness (QED) is 0.860. The molecule has 1 saturated heterocycles. The molecule has 2 aliphatic rings. The molecule has 18 heavy (non-hydrogen) atoms. The van der Waals surface area contributed by atoms with Crippen molar-refractivity contribution >= 4 is 5.69 Å². The Kier molecular flexibility index (Phi) is 3.29. The number of anilines is 1. The molecule has 1 aromatic rings. The Morgan fingerprint density at radius 3 is 3.00 bits per heavy atom. The van der Waals surface area contributed by atoms with Crippen molar-refractivity contribution in [2.24, 2.45) is 11.8 Å². The second-order valence-electron chi connectivity index (χ2n) is 6.08. The van der Waals surface area contributed by atoms with Gasteiger partial charge in [0.25, 0.3) is 0 Å². The highest BCUT2D eigenvalue weighted by Crippen LogP contribution is 2.32. The fraction of sp³-hybridized carbons (Fsp3) is 0.625. The van der Waals surface area contributed by atoms with Crippen LogP contribution in [0.2, 0.25) is 0 Å². The van der Waals surface area contributed by atoms with Crippen molar-refractivity contribution in [3.05, 3.63) is 29.3 Å². The summed E-state index contributed by atoms with van der Waals surface area (Å²) in [5.41, 5.74) is 4.59. The van der Waals surface area contributed by atoms with Gasteiger partial charge in [-0.2, -0.15) is 0 Å². The molecule has 2 aliphatic heterocycles. The minimum atomic E-state index is 0.813. The zero-order chi connectivity index (χ0) is 12.5. The van der Waals surface area contributed by atoms with Crippen LogP contribution in [0.3, 0.4) is 0 Å². The molecule has 0 spiro atoms. The molecule has 2 heterocycles. The van der Waals surface area contributed by atoms with Crippen LogP contribution >= 0.6 is 0 Å². The van der Waals surface area contributed by atoms with Crippen LogP contribution in [0.1, 0.15) is 31.4 Å². The lowest BCUT2D eigenvalue weighted by Crippen LogP contribution is -2.28. The third kappa shape index (κ3) is 2.14. The van der Waals surface area contributed by atoms with Crippen molar-refractivity contribution in [2.45, 2.75) is 33.2 Å². The molecule has 0 aromatic heterocycles. The van der Waals surface area contributed by atoms with Crippen LogP contribution in [0, 0.1) is 11.8 Å². The van der Waals surface area contributed by atoms with Gasteiger partial charge < -0.3 is 10.2 Å². The second-order valence-corrected chi connectivity index (χ2v) is 6.08. The van der Waals surface area contributed by atoms with Gasteiger partial charge in [0.05, 0.1) is 0 Å². The second kappa shape index (κ2) is 4.93. The van der Waals surface area contributed by atoms with Gasteiger partial charge in [0.2, 0.25) is 0 Å². The Morgan fingerprint density at radius 2 is 2.22 bits per heavy atom. The van der Waals surface area contributed by atoms with Crippen LogP contribution < -0.4 is 10.2 Å². The number of nitrogens with one attached hydrogen (secondary N) is 1. The number of hydrogen-bond acceptors (Lipinski definition) is 2. The van der Waals surface area contributed by atoms with Gasteiger partial charge in [-0.3, -0.25) is 0 Å². The monoisotopic (exact) mass is 244 g/mol. The first-order valence-electron chi connectivity index (χ1n) is 7.32. The number of nitrogens with zero attached hydrogens (tertiary/aromatic N) is 1. The largest absolute Gasteiger partial charge is 0.371 e. The summed E-state index contributed by atoms with van der Waals surface area (Å²) in [5, 5.41) is 3.51. The summed E-state index contributed by atoms with van der Waals surface area (Å²) in [4.78, 5) is 2.61. The van der Waals surface area contributed by atoms with Gasteiger partial charge >= 0.3 is 0 Å². The summed E-state index contributed by atoms with van der Waals surface area (Å²) < 4.78 is 0. The summed E-state index contributed by atoms with van der Waals surface area (Å²) >= 11 is 0. The number of rotatable bonds is 2. The predicted octanol–water partition coefficient (Wildman–Crippen LogP) is 2.81. The van der Waals surface area contributed by atoms with E-state index in [1.54, 1.807) is 11.1 Å². The highest BCUT2D eigenvalue weighted by Gasteiger charge is 2.27. The van der Waals surface area contributed by atoms with E-state index in [0.29, 0.717) is 0 Å². The topological polar surface area (TPSA) is 15.3 Å². The lowest BCUT2D eigenvalue weighted by Gasteiger charge is -2.27. The molecule has 98 valence electrons. The van der Waals surface area contributed by atoms with Crippen LogP contribution in [0.25, 0.3) is 0 Å². The van der Waals surface area contributed by atoms with E-state index in [-0.39, 0.29) is 0 Å². The Bertz CT molecular complexity index is 425. The Balaban J connectivity index is 1.85. The molecule has 1 atom stereocenters. The van der Waals surface area contributed by atoms with Gasteiger partial charge in [-0.15, -0.1) is 0 Å². The maximum Gasteiger partial charge on any atom is 0.0414 e. The Morgan fingerprint density at radius 1 is 1.33 bits per heavy atom. The molecule has 1 N–H and O–H groups in total. The van der Waals surface area contributed by atoms with E-state index >= 15 is 0 Å². The number of benzene rings is 1. The van der Waals surface area contributed by atoms with Crippen molar-refractivity contribution < 1.29 is 0 Å². The predicted molar refractivity (Wildman–Crippen MR) is 77.0 cm³/mol. The molecule has 0 amide bonds. The first-order chi connectivity index (χ1) is 8.75. The highest BCUT2D eigenvalue weighted by molar-refractivity contribution is 5.58. The molecule has 0 bridgehead atoms. The van der Waals surface area contributed by atoms with Gasteiger partial charge in [-0.1, -0.05) is 26.0 Å². The van der Waals surface area contributed by atoms with Crippen LogP contribution in [-0.2, 0) is 13.0 Å². The van der Waals surface area contributed by atoms with Crippen molar-refractivity contribution in [3.8, 4) is 0 Å². The van der Waals surface area contributed by atoms with Gasteiger partial charge in [-0.25, -0.2) is 0 Å². The summed E-state index contributed by atoms with van der Waals surface area (Å²) in [6.45, 7) is 9.37. The number of hydrogen-bond donors (Lipinski definition) is 1. The zero-order valence-electron chi connectivity index (χ0n) is 11.6. The molecule has 1 unspecified atom stereocenters. The number of fused-ring (bicyclic) bond motifs is 1. The minimum Gasteiger partial charge on any atom is -0.371 e. The van der Waals surface area contributed by atoms with E-state index in [2.05, 4.69) is 42.3 Å². The van der Waals surface area contributed by atoms with Crippen molar-refractivity contribution in [1.82, 2.24) is 5.32 Å². The molecule has 0 radical (unpaired) electrons. The normalized spacial score (nSPS) is 23.5. The van der Waals surface area contributed by atoms with E-state index in [1.165, 1.54) is 31.6 Å². The lowest BCUT2D eigenvalue weighted by molar-refractivity contribution is 0.422. The van der Waals surface area contributed by atoms with Crippen LogP contribution in [0.15, 0.2) is 18.2 Å². The standard InChI is InChI=1S/C16H24N2/c1-12(2)14-7-9-18(11-14)16-5-3-4-13-6-8-17-10-15(13)16/h3-5,12,14,17H,6-11H2,1-2H3. The van der Waals surface area contributed by atoms with Gasteiger partial charge in [0.15, 0.2) is 0 Å². The van der Waals surface area contributed by atoms with Gasteiger partial charge in [0, 0.05) is 25.3 Å². The van der Waals surface area contributed by atoms with E-state index < -0.39 is 0 Å². The first kappa shape index (κ1) is 12.0. The third-order valence-electron chi connectivity index (χ3n) is 4.63. The average Bonchev–Trinajstić information content (AvgIpc) is 2.87. The smallest absolute Gasteiger partial charge is 0.0414 e. The summed E-state index contributed by atoms with van der Waals surface area (Å²) in [5.74, 6) is 1.69. The van der Waals surface area contributed by atoms with E-state index in [9.17, 15) is 0 Å². The van der Waals surface area contributed by atoms with Crippen molar-refractivity contribution in [1.29, 1.82) is 0 Å². The molecule has 3 rings (SSSR count). The molecule has 2 heteroatoms. The Hall–Kier alpha value is -1.02. The molecule has 0 saturated carbocycles. The minimum absolute atomic E-state index is 0.813. The van der Waals surface area contributed by atoms with Crippen LogP contribution in [0.4, 0.5) is 5.69 Å². The molecule has 1 aromatic carbocycles. The third-order valence-corrected chi connectivity index (χ3v) is 4.63. The SMILES string of the molecule is CC(C)C1CCN(c2cccc3c2CNCC3)C1. The maximum atomic E-state index is 3.51. The average molecular weight is 244 g/mol. The van der Waals surface area contributed by atoms with Crippen LogP contribution in [-0.4, -0.2) is 19.6 Å². The molecule has 2 nitrogen and oxygen atoms in total. The maximum absolute atomic E-state index is 3.51. The Labute approximate surface area is 110 Å². The summed E-state index contributed by atoms with van der Waals surface area (Å²) in [7, 11) is 0. The van der Waals surface area contributed by atoms with E-state index in [4.69, 9.17) is 0 Å². The molecular weight excluding hydrogens is 220 g/mol. The summed E-state index contributed by atoms with van der Waals surface area (Å²) in [6, 6.07) is 6.85. The molecular formula is C16H24N2. The summed E-state index contributed by atoms with van der Waals surface area (Å²) in [6.07, 6.45) is 2.54. The van der Waals surface area contributed by atoms with Gasteiger partial charge in [0.1, 0.15) is 0 Å². The fourth-order valence-corrected chi connectivity index (χ4v) is 3.34. The molecule has 0 aliphatic carbocycles. The van der Waals surface area contributed by atoms with Crippen LogP contribution in [0.5, 0.6) is 0 Å². The van der Waals surface area contributed by atoms with E-state index in [1.807, 2.05) is 0 Å². The molecule has 1 fully saturated rings. The first-order valence-corrected chi connectivity index (χ1v) is 7.32. The fourth-order valence-electron chi connectivity index (χ4n) is 3.34. The van der Waals surface area contributed by atoms with Crippen molar-refractivity contribution in [2.75, 3.05) is 24.5 Å². The highest BCUT2D eigenvalue weighted by atomic mass is 15.2. The zero-order valence-corrected chi connectivity index (χ0v) is 11.6. The lowest BCUT2D eigenvalue weighted by atomic mass is 9.95. The van der Waals surface area contributed by atoms with E-state index in [0.717, 1.165) is 24.9 Å². The van der Waals surface area contributed by atoms with Gasteiger partial charge in [-0.05, 0) is 48.4 Å².